The monoisotopic (exact) mass is 350 g/mol. The molecular formula is C9H5INO4S-. The highest BCUT2D eigenvalue weighted by Gasteiger charge is 2.15. The van der Waals surface area contributed by atoms with Crippen LogP contribution < -0.4 is 0 Å². The molecule has 0 saturated carbocycles. The van der Waals surface area contributed by atoms with E-state index in [2.05, 4.69) is 4.98 Å². The first-order chi connectivity index (χ1) is 7.41. The number of benzene rings is 1. The summed E-state index contributed by atoms with van der Waals surface area (Å²) < 4.78 is 32.9. The number of aromatic hydroxyl groups is 1. The molecule has 2 aromatic rings. The fourth-order valence-electron chi connectivity index (χ4n) is 1.34. The summed E-state index contributed by atoms with van der Waals surface area (Å²) in [4.78, 5) is 3.49. The topological polar surface area (TPSA) is 90.3 Å². The first-order valence-corrected chi connectivity index (χ1v) is 6.62. The van der Waals surface area contributed by atoms with Crippen molar-refractivity contribution < 1.29 is 18.1 Å². The molecule has 1 aromatic carbocycles. The lowest BCUT2D eigenvalue weighted by Gasteiger charge is -2.12. The van der Waals surface area contributed by atoms with Crippen molar-refractivity contribution in [3.05, 3.63) is 28.0 Å². The van der Waals surface area contributed by atoms with E-state index in [9.17, 15) is 18.1 Å². The predicted molar refractivity (Wildman–Crippen MR) is 64.1 cm³/mol. The van der Waals surface area contributed by atoms with Gasteiger partial charge in [-0.05, 0) is 34.7 Å². The number of rotatable bonds is 1. The van der Waals surface area contributed by atoms with Gasteiger partial charge >= 0.3 is 0 Å². The van der Waals surface area contributed by atoms with E-state index in [0.29, 0.717) is 5.39 Å². The largest absolute Gasteiger partial charge is 0.744 e. The molecule has 0 unspecified atom stereocenters. The zero-order valence-corrected chi connectivity index (χ0v) is 10.7. The Labute approximate surface area is 105 Å². The Bertz CT molecular complexity index is 669. The smallest absolute Gasteiger partial charge is 0.156 e. The molecule has 0 amide bonds. The Kier molecular flexibility index (Phi) is 2.76. The molecule has 0 bridgehead atoms. The van der Waals surface area contributed by atoms with Gasteiger partial charge in [-0.1, -0.05) is 6.07 Å². The number of fused-ring (bicyclic) bond motifs is 1. The van der Waals surface area contributed by atoms with Gasteiger partial charge in [0.15, 0.2) is 5.75 Å². The Morgan fingerprint density at radius 2 is 2.12 bits per heavy atom. The highest BCUT2D eigenvalue weighted by molar-refractivity contribution is 14.1. The normalized spacial score (nSPS) is 11.9. The van der Waals surface area contributed by atoms with Crippen molar-refractivity contribution >= 4 is 43.6 Å². The Hall–Kier alpha value is -0.930. The van der Waals surface area contributed by atoms with Crippen LogP contribution >= 0.6 is 22.6 Å². The minimum Gasteiger partial charge on any atom is -0.744 e. The molecule has 1 heterocycles. The van der Waals surface area contributed by atoms with E-state index in [0.717, 1.165) is 0 Å². The molecule has 5 nitrogen and oxygen atoms in total. The van der Waals surface area contributed by atoms with Gasteiger partial charge in [0, 0.05) is 11.6 Å². The van der Waals surface area contributed by atoms with Crippen LogP contribution in [0.15, 0.2) is 29.3 Å². The molecule has 0 aliphatic heterocycles. The van der Waals surface area contributed by atoms with Gasteiger partial charge in [-0.25, -0.2) is 8.42 Å². The summed E-state index contributed by atoms with van der Waals surface area (Å²) in [5.41, 5.74) is 0.277. The number of hydrogen-bond donors (Lipinski definition) is 1. The number of pyridine rings is 1. The van der Waals surface area contributed by atoms with Gasteiger partial charge < -0.3 is 9.66 Å². The first-order valence-electron chi connectivity index (χ1n) is 4.13. The molecule has 0 spiro atoms. The molecule has 0 fully saturated rings. The molecule has 0 aliphatic carbocycles. The van der Waals surface area contributed by atoms with Crippen LogP contribution in [0, 0.1) is 3.57 Å². The third-order valence-electron chi connectivity index (χ3n) is 2.04. The average Bonchev–Trinajstić information content (AvgIpc) is 2.22. The molecule has 1 N–H and O–H groups in total. The average molecular weight is 350 g/mol. The van der Waals surface area contributed by atoms with Gasteiger partial charge in [0.1, 0.15) is 15.6 Å². The molecule has 0 atom stereocenters. The number of phenolic OH excluding ortho intramolecular Hbond substituents is 1. The molecule has 0 saturated heterocycles. The Balaban J connectivity index is 2.95. The maximum Gasteiger partial charge on any atom is 0.156 e. The predicted octanol–water partition coefficient (Wildman–Crippen LogP) is 1.45. The fraction of sp³-hybridized carbons (Fsp3) is 0. The minimum atomic E-state index is -4.59. The van der Waals surface area contributed by atoms with Crippen LogP contribution in [0.5, 0.6) is 5.75 Å². The third kappa shape index (κ3) is 1.85. The van der Waals surface area contributed by atoms with E-state index < -0.39 is 15.0 Å². The van der Waals surface area contributed by atoms with Crippen molar-refractivity contribution in [2.24, 2.45) is 0 Å². The molecule has 16 heavy (non-hydrogen) atoms. The lowest BCUT2D eigenvalue weighted by atomic mass is 10.2. The molecule has 0 radical (unpaired) electrons. The lowest BCUT2D eigenvalue weighted by molar-refractivity contribution is 0.455. The molecule has 1 aromatic heterocycles. The first kappa shape index (κ1) is 11.6. The second kappa shape index (κ2) is 3.82. The SMILES string of the molecule is O=S(=O)([O-])c1cc2cccnc2c(O)c1I. The van der Waals surface area contributed by atoms with Gasteiger partial charge in [-0.3, -0.25) is 4.98 Å². The molecular weight excluding hydrogens is 345 g/mol. The van der Waals surface area contributed by atoms with Crippen molar-refractivity contribution in [1.29, 1.82) is 0 Å². The van der Waals surface area contributed by atoms with Crippen LogP contribution in [0.25, 0.3) is 10.9 Å². The minimum absolute atomic E-state index is 0.00111. The summed E-state index contributed by atoms with van der Waals surface area (Å²) in [5.74, 6) is -0.284. The summed E-state index contributed by atoms with van der Waals surface area (Å²) in [6.45, 7) is 0. The van der Waals surface area contributed by atoms with Crippen LogP contribution in [0.1, 0.15) is 0 Å². The number of halogens is 1. The highest BCUT2D eigenvalue weighted by atomic mass is 127. The summed E-state index contributed by atoms with van der Waals surface area (Å²) in [6, 6.07) is 4.38. The summed E-state index contributed by atoms with van der Waals surface area (Å²) in [7, 11) is -4.59. The van der Waals surface area contributed by atoms with E-state index in [1.54, 1.807) is 34.7 Å². The quantitative estimate of drug-likeness (QED) is 0.621. The maximum atomic E-state index is 11.0. The van der Waals surface area contributed by atoms with Gasteiger partial charge in [0.05, 0.1) is 8.47 Å². The summed E-state index contributed by atoms with van der Waals surface area (Å²) >= 11 is 1.61. The summed E-state index contributed by atoms with van der Waals surface area (Å²) in [5, 5.41) is 10.1. The van der Waals surface area contributed by atoms with Gasteiger partial charge in [0.2, 0.25) is 0 Å². The van der Waals surface area contributed by atoms with Crippen molar-refractivity contribution in [3.63, 3.8) is 0 Å². The van der Waals surface area contributed by atoms with Crippen molar-refractivity contribution in [2.75, 3.05) is 0 Å². The number of aromatic nitrogens is 1. The number of phenols is 1. The van der Waals surface area contributed by atoms with Crippen molar-refractivity contribution in [2.45, 2.75) is 4.90 Å². The molecule has 7 heteroatoms. The Morgan fingerprint density at radius 1 is 1.44 bits per heavy atom. The second-order valence-corrected chi connectivity index (χ2v) is 5.49. The molecule has 2 rings (SSSR count). The fourth-order valence-corrected chi connectivity index (χ4v) is 3.15. The van der Waals surface area contributed by atoms with E-state index >= 15 is 0 Å². The zero-order valence-electron chi connectivity index (χ0n) is 7.71. The van der Waals surface area contributed by atoms with Crippen molar-refractivity contribution in [1.82, 2.24) is 4.98 Å². The van der Waals surface area contributed by atoms with Gasteiger partial charge in [0.25, 0.3) is 0 Å². The van der Waals surface area contributed by atoms with Crippen LogP contribution in [0.3, 0.4) is 0 Å². The maximum absolute atomic E-state index is 11.0. The van der Waals surface area contributed by atoms with Crippen LogP contribution in [-0.2, 0) is 10.1 Å². The van der Waals surface area contributed by atoms with Crippen LogP contribution in [0.2, 0.25) is 0 Å². The zero-order chi connectivity index (χ0) is 11.9. The van der Waals surface area contributed by atoms with Crippen LogP contribution in [-0.4, -0.2) is 23.1 Å². The number of nitrogens with zero attached hydrogens (tertiary/aromatic N) is 1. The molecule has 84 valence electrons. The van der Waals surface area contributed by atoms with E-state index in [1.165, 1.54) is 12.3 Å². The third-order valence-corrected chi connectivity index (χ3v) is 4.36. The van der Waals surface area contributed by atoms with Gasteiger partial charge in [-0.15, -0.1) is 0 Å². The van der Waals surface area contributed by atoms with E-state index in [1.807, 2.05) is 0 Å². The van der Waals surface area contributed by atoms with Crippen molar-refractivity contribution in [3.8, 4) is 5.75 Å². The van der Waals surface area contributed by atoms with E-state index in [-0.39, 0.29) is 14.8 Å². The Morgan fingerprint density at radius 3 is 2.75 bits per heavy atom. The van der Waals surface area contributed by atoms with E-state index in [4.69, 9.17) is 0 Å². The molecule has 0 aliphatic rings. The number of hydrogen-bond acceptors (Lipinski definition) is 5. The van der Waals surface area contributed by atoms with Crippen LogP contribution in [0.4, 0.5) is 0 Å². The highest BCUT2D eigenvalue weighted by Crippen LogP contribution is 2.33. The second-order valence-electron chi connectivity index (χ2n) is 3.07. The lowest BCUT2D eigenvalue weighted by Crippen LogP contribution is -2.02. The summed E-state index contributed by atoms with van der Waals surface area (Å²) in [6.07, 6.45) is 1.48. The standard InChI is InChI=1S/C9H6INO4S/c10-7-6(16(13,14)15)4-5-2-1-3-11-8(5)9(7)12/h1-4,12H,(H,13,14,15)/p-1. The van der Waals surface area contributed by atoms with Gasteiger partial charge in [-0.2, -0.15) is 0 Å².